The molecule has 0 radical (unpaired) electrons. The van der Waals surface area contributed by atoms with Crippen LogP contribution in [0.15, 0.2) is 77.1 Å². The number of carbonyl (C=O) groups is 1. The van der Waals surface area contributed by atoms with E-state index < -0.39 is 23.0 Å². The highest BCUT2D eigenvalue weighted by Crippen LogP contribution is 2.43. The maximum absolute atomic E-state index is 14.9. The zero-order chi connectivity index (χ0) is 24.0. The molecule has 3 rings (SSSR count). The average molecular weight is 449 g/mol. The van der Waals surface area contributed by atoms with Crippen LogP contribution in [0.5, 0.6) is 0 Å². The SMILES string of the molecule is CCOC(=O)C1=C(CCC(F)c2ccccc2)NC(C)=C(C#N)C1c1ccccc1[N+](=O)[O-]. The second kappa shape index (κ2) is 10.6. The minimum atomic E-state index is -1.27. The van der Waals surface area contributed by atoms with Crippen LogP contribution in [0.2, 0.25) is 0 Å². The largest absolute Gasteiger partial charge is 0.463 e. The summed E-state index contributed by atoms with van der Waals surface area (Å²) in [6, 6.07) is 16.8. The van der Waals surface area contributed by atoms with Crippen LogP contribution < -0.4 is 5.32 Å². The number of carbonyl (C=O) groups excluding carboxylic acids is 1. The second-order valence-corrected chi connectivity index (χ2v) is 7.55. The van der Waals surface area contributed by atoms with Crippen molar-refractivity contribution in [2.45, 2.75) is 38.8 Å². The van der Waals surface area contributed by atoms with E-state index in [1.165, 1.54) is 18.2 Å². The minimum Gasteiger partial charge on any atom is -0.463 e. The van der Waals surface area contributed by atoms with Gasteiger partial charge in [0.2, 0.25) is 0 Å². The van der Waals surface area contributed by atoms with Crippen molar-refractivity contribution < 1.29 is 18.8 Å². The predicted octanol–water partition coefficient (Wildman–Crippen LogP) is 5.39. The molecule has 0 amide bonds. The standard InChI is InChI=1S/C25H24FN3O4/c1-3-33-25(30)24-21(14-13-20(26)17-9-5-4-6-10-17)28-16(2)19(15-27)23(24)18-11-7-8-12-22(18)29(31)32/h4-12,20,23,28H,3,13-14H2,1-2H3. The van der Waals surface area contributed by atoms with Crippen LogP contribution in [0, 0.1) is 21.4 Å². The Kier molecular flexibility index (Phi) is 7.57. The number of nitro groups is 1. The van der Waals surface area contributed by atoms with E-state index in [-0.39, 0.29) is 41.8 Å². The quantitative estimate of drug-likeness (QED) is 0.329. The molecular formula is C25H24FN3O4. The molecule has 170 valence electrons. The summed E-state index contributed by atoms with van der Waals surface area (Å²) in [6.45, 7) is 3.39. The number of nitrogens with zero attached hydrogens (tertiary/aromatic N) is 2. The molecule has 0 fully saturated rings. The molecule has 1 aliphatic rings. The third-order valence-corrected chi connectivity index (χ3v) is 5.51. The number of halogens is 1. The van der Waals surface area contributed by atoms with Gasteiger partial charge in [0.25, 0.3) is 5.69 Å². The van der Waals surface area contributed by atoms with E-state index in [1.807, 2.05) is 0 Å². The Morgan fingerprint density at radius 3 is 2.55 bits per heavy atom. The minimum absolute atomic E-state index is 0.0774. The van der Waals surface area contributed by atoms with Crippen molar-refractivity contribution in [2.75, 3.05) is 6.61 Å². The number of benzene rings is 2. The van der Waals surface area contributed by atoms with Crippen molar-refractivity contribution in [3.63, 3.8) is 0 Å². The first-order valence-corrected chi connectivity index (χ1v) is 10.6. The number of hydrogen-bond acceptors (Lipinski definition) is 6. The van der Waals surface area contributed by atoms with E-state index >= 15 is 0 Å². The molecule has 2 atom stereocenters. The fourth-order valence-electron chi connectivity index (χ4n) is 4.00. The van der Waals surface area contributed by atoms with E-state index in [0.717, 1.165) is 0 Å². The first-order valence-electron chi connectivity index (χ1n) is 10.6. The lowest BCUT2D eigenvalue weighted by Gasteiger charge is -2.30. The Balaban J connectivity index is 2.10. The lowest BCUT2D eigenvalue weighted by Crippen LogP contribution is -2.30. The maximum atomic E-state index is 14.9. The molecule has 0 aliphatic carbocycles. The summed E-state index contributed by atoms with van der Waals surface area (Å²) in [5, 5.41) is 24.6. The van der Waals surface area contributed by atoms with Gasteiger partial charge in [0.1, 0.15) is 6.17 Å². The number of esters is 1. The van der Waals surface area contributed by atoms with E-state index in [9.17, 15) is 24.6 Å². The first kappa shape index (κ1) is 23.7. The molecule has 0 aromatic heterocycles. The van der Waals surface area contributed by atoms with Crippen LogP contribution in [0.1, 0.15) is 49.9 Å². The van der Waals surface area contributed by atoms with E-state index in [2.05, 4.69) is 11.4 Å². The Bertz CT molecular complexity index is 1150. The van der Waals surface area contributed by atoms with Crippen molar-refractivity contribution in [3.05, 3.63) is 98.4 Å². The summed E-state index contributed by atoms with van der Waals surface area (Å²) in [5.74, 6) is -1.69. The number of nitriles is 1. The van der Waals surface area contributed by atoms with Gasteiger partial charge in [-0.1, -0.05) is 48.5 Å². The van der Waals surface area contributed by atoms with Crippen LogP contribution in [0.25, 0.3) is 0 Å². The van der Waals surface area contributed by atoms with E-state index in [0.29, 0.717) is 17.0 Å². The zero-order valence-corrected chi connectivity index (χ0v) is 18.4. The van der Waals surface area contributed by atoms with Gasteiger partial charge >= 0.3 is 5.97 Å². The van der Waals surface area contributed by atoms with Crippen LogP contribution in [-0.2, 0) is 9.53 Å². The van der Waals surface area contributed by atoms with Crippen LogP contribution in [0.3, 0.4) is 0 Å². The number of rotatable bonds is 8. The summed E-state index contributed by atoms with van der Waals surface area (Å²) in [6.07, 6.45) is -1.04. The molecule has 0 saturated heterocycles. The smallest absolute Gasteiger partial charge is 0.336 e. The normalized spacial score (nSPS) is 16.6. The van der Waals surface area contributed by atoms with Crippen molar-refractivity contribution in [2.24, 2.45) is 0 Å². The first-order chi connectivity index (χ1) is 15.9. The fraction of sp³-hybridized carbons (Fsp3) is 0.280. The zero-order valence-electron chi connectivity index (χ0n) is 18.4. The number of nitro benzene ring substituents is 1. The third kappa shape index (κ3) is 5.09. The van der Waals surface area contributed by atoms with E-state index in [1.54, 1.807) is 50.2 Å². The molecule has 0 saturated carbocycles. The predicted molar refractivity (Wildman–Crippen MR) is 120 cm³/mol. The van der Waals surface area contributed by atoms with Crippen LogP contribution in [-0.4, -0.2) is 17.5 Å². The molecule has 1 aliphatic heterocycles. The number of para-hydroxylation sites is 1. The van der Waals surface area contributed by atoms with Gasteiger partial charge in [-0.05, 0) is 32.3 Å². The fourth-order valence-corrected chi connectivity index (χ4v) is 4.00. The monoisotopic (exact) mass is 449 g/mol. The molecule has 1 heterocycles. The van der Waals surface area contributed by atoms with Crippen molar-refractivity contribution >= 4 is 11.7 Å². The molecule has 2 unspecified atom stereocenters. The molecule has 1 N–H and O–H groups in total. The van der Waals surface area contributed by atoms with Crippen LogP contribution >= 0.6 is 0 Å². The number of alkyl halides is 1. The van der Waals surface area contributed by atoms with Gasteiger partial charge in [0.05, 0.1) is 34.7 Å². The lowest BCUT2D eigenvalue weighted by molar-refractivity contribution is -0.385. The summed E-state index contributed by atoms with van der Waals surface area (Å²) >= 11 is 0. The van der Waals surface area contributed by atoms with Crippen molar-refractivity contribution in [1.29, 1.82) is 5.26 Å². The van der Waals surface area contributed by atoms with Gasteiger partial charge in [-0.15, -0.1) is 0 Å². The Labute approximate surface area is 191 Å². The average Bonchev–Trinajstić information content (AvgIpc) is 2.82. The number of ether oxygens (including phenoxy) is 1. The Morgan fingerprint density at radius 1 is 1.24 bits per heavy atom. The number of nitrogens with one attached hydrogen (secondary N) is 1. The highest BCUT2D eigenvalue weighted by molar-refractivity contribution is 5.93. The van der Waals surface area contributed by atoms with Gasteiger partial charge in [0, 0.05) is 23.0 Å². The van der Waals surface area contributed by atoms with Gasteiger partial charge in [-0.3, -0.25) is 10.1 Å². The molecule has 2 aromatic carbocycles. The molecule has 0 bridgehead atoms. The molecule has 2 aromatic rings. The van der Waals surface area contributed by atoms with Crippen LogP contribution in [0.4, 0.5) is 10.1 Å². The summed E-state index contributed by atoms with van der Waals surface area (Å²) in [4.78, 5) is 24.2. The molecule has 7 nitrogen and oxygen atoms in total. The summed E-state index contributed by atoms with van der Waals surface area (Å²) in [5.41, 5.74) is 1.64. The molecule has 8 heteroatoms. The summed E-state index contributed by atoms with van der Waals surface area (Å²) < 4.78 is 20.1. The lowest BCUT2D eigenvalue weighted by atomic mass is 9.79. The highest BCUT2D eigenvalue weighted by atomic mass is 19.1. The maximum Gasteiger partial charge on any atom is 0.336 e. The van der Waals surface area contributed by atoms with Gasteiger partial charge < -0.3 is 10.1 Å². The number of allylic oxidation sites excluding steroid dienone is 3. The number of hydrogen-bond donors (Lipinski definition) is 1. The van der Waals surface area contributed by atoms with Gasteiger partial charge in [-0.2, -0.15) is 5.26 Å². The van der Waals surface area contributed by atoms with Crippen molar-refractivity contribution in [1.82, 2.24) is 5.32 Å². The highest BCUT2D eigenvalue weighted by Gasteiger charge is 2.38. The van der Waals surface area contributed by atoms with Crippen molar-refractivity contribution in [3.8, 4) is 6.07 Å². The topological polar surface area (TPSA) is 105 Å². The number of dihydropyridines is 1. The second-order valence-electron chi connectivity index (χ2n) is 7.55. The van der Waals surface area contributed by atoms with Gasteiger partial charge in [-0.25, -0.2) is 9.18 Å². The third-order valence-electron chi connectivity index (χ3n) is 5.51. The van der Waals surface area contributed by atoms with E-state index in [4.69, 9.17) is 4.74 Å². The molecule has 0 spiro atoms. The molecule has 33 heavy (non-hydrogen) atoms. The molecular weight excluding hydrogens is 425 g/mol. The van der Waals surface area contributed by atoms with Gasteiger partial charge in [0.15, 0.2) is 0 Å². The Hall–Kier alpha value is -3.99. The summed E-state index contributed by atoms with van der Waals surface area (Å²) in [7, 11) is 0. The Morgan fingerprint density at radius 2 is 1.91 bits per heavy atom.